The van der Waals surface area contributed by atoms with Crippen molar-refractivity contribution in [3.8, 4) is 0 Å². The lowest BCUT2D eigenvalue weighted by atomic mass is 9.58. The Morgan fingerprint density at radius 1 is 1.44 bits per heavy atom. The van der Waals surface area contributed by atoms with Crippen molar-refractivity contribution in [2.24, 2.45) is 5.41 Å². The van der Waals surface area contributed by atoms with Gasteiger partial charge in [-0.1, -0.05) is 6.07 Å². The topological polar surface area (TPSA) is 65.9 Å². The minimum atomic E-state index is -0.299. The van der Waals surface area contributed by atoms with Crippen LogP contribution in [-0.4, -0.2) is 78.3 Å². The predicted octanol–water partition coefficient (Wildman–Crippen LogP) is 0.944. The molecule has 138 valence electrons. The zero-order valence-electron chi connectivity index (χ0n) is 15.2. The van der Waals surface area contributed by atoms with Gasteiger partial charge in [0, 0.05) is 43.9 Å². The molecule has 1 aromatic heterocycles. The summed E-state index contributed by atoms with van der Waals surface area (Å²) in [6.45, 7) is 2.97. The lowest BCUT2D eigenvalue weighted by Crippen LogP contribution is -2.63. The zero-order chi connectivity index (χ0) is 17.9. The maximum Gasteiger partial charge on any atom is 0.227 e. The first kappa shape index (κ1) is 18.3. The zero-order valence-corrected chi connectivity index (χ0v) is 15.2. The number of pyridine rings is 1. The molecule has 25 heavy (non-hydrogen) atoms. The van der Waals surface area contributed by atoms with E-state index < -0.39 is 0 Å². The first-order valence-corrected chi connectivity index (χ1v) is 9.12. The first-order valence-electron chi connectivity index (χ1n) is 9.12. The number of carbonyl (C=O) groups is 1. The quantitative estimate of drug-likeness (QED) is 0.830. The maximum absolute atomic E-state index is 12.5. The number of likely N-dealkylation sites (tertiary alicyclic amines) is 1. The van der Waals surface area contributed by atoms with Gasteiger partial charge in [-0.3, -0.25) is 9.78 Å². The van der Waals surface area contributed by atoms with Crippen molar-refractivity contribution in [2.75, 3.05) is 40.3 Å². The number of rotatable bonds is 6. The van der Waals surface area contributed by atoms with Crippen LogP contribution in [0.1, 0.15) is 24.8 Å². The van der Waals surface area contributed by atoms with Gasteiger partial charge in [0.2, 0.25) is 5.91 Å². The first-order chi connectivity index (χ1) is 12.0. The van der Waals surface area contributed by atoms with Crippen LogP contribution in [0.15, 0.2) is 24.5 Å². The van der Waals surface area contributed by atoms with Gasteiger partial charge in [-0.05, 0) is 38.6 Å². The van der Waals surface area contributed by atoms with E-state index in [0.717, 1.165) is 31.4 Å². The summed E-state index contributed by atoms with van der Waals surface area (Å²) < 4.78 is 6.03. The Labute approximate surface area is 149 Å². The molecule has 3 rings (SSSR count). The highest BCUT2D eigenvalue weighted by molar-refractivity contribution is 5.78. The van der Waals surface area contributed by atoms with Gasteiger partial charge in [0.1, 0.15) is 0 Å². The third-order valence-corrected chi connectivity index (χ3v) is 5.72. The van der Waals surface area contributed by atoms with Crippen molar-refractivity contribution < 1.29 is 14.6 Å². The second-order valence-electron chi connectivity index (χ2n) is 7.57. The van der Waals surface area contributed by atoms with Gasteiger partial charge < -0.3 is 19.6 Å². The summed E-state index contributed by atoms with van der Waals surface area (Å²) in [4.78, 5) is 20.6. The van der Waals surface area contributed by atoms with E-state index in [1.165, 1.54) is 0 Å². The molecular formula is C19H29N3O3. The van der Waals surface area contributed by atoms with Gasteiger partial charge in [-0.2, -0.15) is 0 Å². The fraction of sp³-hybridized carbons (Fsp3) is 0.684. The summed E-state index contributed by atoms with van der Waals surface area (Å²) in [5.41, 5.74) is 0.790. The lowest BCUT2D eigenvalue weighted by molar-refractivity contribution is -0.212. The fourth-order valence-corrected chi connectivity index (χ4v) is 3.95. The van der Waals surface area contributed by atoms with E-state index in [9.17, 15) is 9.90 Å². The van der Waals surface area contributed by atoms with Crippen LogP contribution in [0.2, 0.25) is 0 Å². The van der Waals surface area contributed by atoms with Crippen LogP contribution in [0.4, 0.5) is 0 Å². The van der Waals surface area contributed by atoms with Crippen LogP contribution in [0, 0.1) is 5.41 Å². The number of likely N-dealkylation sites (N-methyl/N-ethyl adjacent to an activating group) is 1. The summed E-state index contributed by atoms with van der Waals surface area (Å²) in [6, 6.07) is 3.79. The number of aromatic nitrogens is 1. The summed E-state index contributed by atoms with van der Waals surface area (Å²) in [5.74, 6) is 0.140. The molecule has 0 aromatic carbocycles. The number of carbonyl (C=O) groups excluding carboxylic acids is 1. The van der Waals surface area contributed by atoms with E-state index in [1.807, 2.05) is 31.1 Å². The average molecular weight is 347 g/mol. The number of aliphatic hydroxyl groups is 1. The van der Waals surface area contributed by atoms with Gasteiger partial charge in [-0.15, -0.1) is 0 Å². The third kappa shape index (κ3) is 4.02. The van der Waals surface area contributed by atoms with E-state index in [0.29, 0.717) is 26.1 Å². The van der Waals surface area contributed by atoms with Crippen LogP contribution >= 0.6 is 0 Å². The molecular weight excluding hydrogens is 318 g/mol. The highest BCUT2D eigenvalue weighted by Crippen LogP contribution is 2.50. The molecule has 0 radical (unpaired) electrons. The van der Waals surface area contributed by atoms with Gasteiger partial charge in [0.25, 0.3) is 0 Å². The second-order valence-corrected chi connectivity index (χ2v) is 7.57. The van der Waals surface area contributed by atoms with Crippen molar-refractivity contribution >= 4 is 5.91 Å². The molecule has 2 aliphatic rings. The normalized spacial score (nSPS) is 25.2. The van der Waals surface area contributed by atoms with Crippen LogP contribution in [0.5, 0.6) is 0 Å². The van der Waals surface area contributed by atoms with Gasteiger partial charge >= 0.3 is 0 Å². The number of hydrogen-bond acceptors (Lipinski definition) is 5. The number of hydrogen-bond donors (Lipinski definition) is 1. The van der Waals surface area contributed by atoms with Gasteiger partial charge in [0.05, 0.1) is 25.2 Å². The molecule has 1 aromatic rings. The van der Waals surface area contributed by atoms with Gasteiger partial charge in [-0.25, -0.2) is 0 Å². The average Bonchev–Trinajstić information content (AvgIpc) is 2.61. The molecule has 1 saturated heterocycles. The lowest BCUT2D eigenvalue weighted by Gasteiger charge is -2.56. The number of ether oxygens (including phenoxy) is 1. The third-order valence-electron chi connectivity index (χ3n) is 5.72. The Balaban J connectivity index is 1.50. The predicted molar refractivity (Wildman–Crippen MR) is 95.1 cm³/mol. The summed E-state index contributed by atoms with van der Waals surface area (Å²) in [7, 11) is 4.06. The molecule has 2 heterocycles. The molecule has 1 saturated carbocycles. The van der Waals surface area contributed by atoms with E-state index >= 15 is 0 Å². The van der Waals surface area contributed by atoms with Crippen molar-refractivity contribution in [3.05, 3.63) is 30.1 Å². The number of aliphatic hydroxyl groups excluding tert-OH is 1. The smallest absolute Gasteiger partial charge is 0.227 e. The minimum Gasteiger partial charge on any atom is -0.392 e. The Kier molecular flexibility index (Phi) is 5.71. The molecule has 1 aliphatic heterocycles. The highest BCUT2D eigenvalue weighted by Gasteiger charge is 2.56. The number of piperidine rings is 1. The molecule has 2 fully saturated rings. The SMILES string of the molecule is CN(C)CCO[C@H]1C[C@@H](O)C12CCN(C(=O)Cc1cccnc1)CC2. The molecule has 1 aliphatic carbocycles. The van der Waals surface area contributed by atoms with Crippen molar-refractivity contribution in [3.63, 3.8) is 0 Å². The maximum atomic E-state index is 12.5. The van der Waals surface area contributed by atoms with Crippen LogP contribution in [-0.2, 0) is 16.0 Å². The Hall–Kier alpha value is -1.50. The molecule has 0 bridgehead atoms. The summed E-state index contributed by atoms with van der Waals surface area (Å²) in [5, 5.41) is 10.4. The Morgan fingerprint density at radius 2 is 2.20 bits per heavy atom. The minimum absolute atomic E-state index is 0.123. The molecule has 1 N–H and O–H groups in total. The van der Waals surface area contributed by atoms with Crippen molar-refractivity contribution in [2.45, 2.75) is 37.9 Å². The Morgan fingerprint density at radius 3 is 2.80 bits per heavy atom. The number of nitrogens with zero attached hydrogens (tertiary/aromatic N) is 3. The van der Waals surface area contributed by atoms with Crippen molar-refractivity contribution in [1.29, 1.82) is 0 Å². The highest BCUT2D eigenvalue weighted by atomic mass is 16.5. The monoisotopic (exact) mass is 347 g/mol. The van der Waals surface area contributed by atoms with Crippen LogP contribution in [0.25, 0.3) is 0 Å². The molecule has 6 heteroatoms. The summed E-state index contributed by atoms with van der Waals surface area (Å²) >= 11 is 0. The van der Waals surface area contributed by atoms with Crippen LogP contribution < -0.4 is 0 Å². The largest absolute Gasteiger partial charge is 0.392 e. The molecule has 1 spiro atoms. The van der Waals surface area contributed by atoms with E-state index in [2.05, 4.69) is 9.88 Å². The second kappa shape index (κ2) is 7.81. The van der Waals surface area contributed by atoms with Crippen molar-refractivity contribution in [1.82, 2.24) is 14.8 Å². The van der Waals surface area contributed by atoms with E-state index in [-0.39, 0.29) is 23.5 Å². The molecule has 1 amide bonds. The molecule has 6 nitrogen and oxygen atoms in total. The summed E-state index contributed by atoms with van der Waals surface area (Å²) in [6.07, 6.45) is 6.04. The van der Waals surface area contributed by atoms with E-state index in [4.69, 9.17) is 4.74 Å². The molecule has 0 unspecified atom stereocenters. The molecule has 2 atom stereocenters. The Bertz CT molecular complexity index is 571. The van der Waals surface area contributed by atoms with E-state index in [1.54, 1.807) is 12.4 Å². The van der Waals surface area contributed by atoms with Gasteiger partial charge in [0.15, 0.2) is 0 Å². The fourth-order valence-electron chi connectivity index (χ4n) is 3.95. The van der Waals surface area contributed by atoms with Crippen LogP contribution in [0.3, 0.4) is 0 Å². The standard InChI is InChI=1S/C19H29N3O3/c1-21(2)10-11-25-17-13-16(23)19(17)5-8-22(9-6-19)18(24)12-15-4-3-7-20-14-15/h3-4,7,14,16-17,23H,5-6,8-13H2,1-2H3/t16-,17+/m1/s1. The number of amides is 1.